The van der Waals surface area contributed by atoms with Gasteiger partial charge in [0.15, 0.2) is 0 Å². The number of carbonyl (C=O) groups is 3. The maximum absolute atomic E-state index is 12.9. The second kappa shape index (κ2) is 11.6. The van der Waals surface area contributed by atoms with Crippen LogP contribution in [0.1, 0.15) is 53.9 Å². The topological polar surface area (TPSA) is 78.9 Å². The van der Waals surface area contributed by atoms with Gasteiger partial charge in [-0.3, -0.25) is 4.79 Å². The first-order valence-electron chi connectivity index (χ1n) is 13.3. The molecule has 2 aliphatic rings. The van der Waals surface area contributed by atoms with Crippen LogP contribution in [0.4, 0.5) is 13.2 Å². The lowest BCUT2D eigenvalue weighted by atomic mass is 9.74. The average molecular weight is 565 g/mol. The van der Waals surface area contributed by atoms with Gasteiger partial charge in [-0.15, -0.1) is 0 Å². The summed E-state index contributed by atoms with van der Waals surface area (Å²) in [6.45, 7) is -0.0718. The zero-order valence-electron chi connectivity index (χ0n) is 22.0. The van der Waals surface area contributed by atoms with Crippen LogP contribution in [0.2, 0.25) is 0 Å². The Morgan fingerprint density at radius 1 is 0.805 bits per heavy atom. The molecular weight excluding hydrogens is 537 g/mol. The highest BCUT2D eigenvalue weighted by molar-refractivity contribution is 5.92. The molecule has 1 saturated carbocycles. The molecule has 9 heteroatoms. The highest BCUT2D eigenvalue weighted by Gasteiger charge is 2.43. The monoisotopic (exact) mass is 564 g/mol. The maximum atomic E-state index is 12.9. The van der Waals surface area contributed by atoms with E-state index in [1.165, 1.54) is 12.1 Å². The fourth-order valence-corrected chi connectivity index (χ4v) is 5.24. The summed E-state index contributed by atoms with van der Waals surface area (Å²) in [6, 6.07) is 20.5. The third kappa shape index (κ3) is 6.19. The second-order valence-corrected chi connectivity index (χ2v) is 10.0. The van der Waals surface area contributed by atoms with E-state index in [2.05, 4.69) is 0 Å². The Morgan fingerprint density at radius 2 is 1.39 bits per heavy atom. The van der Waals surface area contributed by atoms with Gasteiger partial charge in [-0.2, -0.15) is 13.2 Å². The summed E-state index contributed by atoms with van der Waals surface area (Å²) >= 11 is 0. The first-order valence-corrected chi connectivity index (χ1v) is 13.3. The Morgan fingerprint density at radius 3 is 1.95 bits per heavy atom. The highest BCUT2D eigenvalue weighted by atomic mass is 19.4. The van der Waals surface area contributed by atoms with E-state index < -0.39 is 35.2 Å². The summed E-state index contributed by atoms with van der Waals surface area (Å²) in [5.41, 5.74) is 3.06. The van der Waals surface area contributed by atoms with Gasteiger partial charge in [0.25, 0.3) is 0 Å². The maximum Gasteiger partial charge on any atom is 0.416 e. The highest BCUT2D eigenvalue weighted by Crippen LogP contribution is 2.46. The summed E-state index contributed by atoms with van der Waals surface area (Å²) in [5, 5.41) is 0. The van der Waals surface area contributed by atoms with Crippen molar-refractivity contribution in [2.45, 2.75) is 43.4 Å². The molecule has 0 saturated heterocycles. The Hall–Kier alpha value is -4.40. The van der Waals surface area contributed by atoms with Crippen molar-refractivity contribution in [1.29, 1.82) is 0 Å². The molecule has 6 nitrogen and oxygen atoms in total. The number of esters is 3. The van der Waals surface area contributed by atoms with Gasteiger partial charge in [-0.05, 0) is 59.2 Å². The minimum absolute atomic E-state index is 0.0793. The average Bonchev–Trinajstić information content (AvgIpc) is 3.26. The Labute approximate surface area is 234 Å². The molecule has 212 valence electrons. The number of fused-ring (bicyclic) bond motifs is 3. The molecule has 0 spiro atoms. The summed E-state index contributed by atoms with van der Waals surface area (Å²) in [5.74, 6) is -2.26. The van der Waals surface area contributed by atoms with E-state index >= 15 is 0 Å². The van der Waals surface area contributed by atoms with Crippen molar-refractivity contribution < 1.29 is 41.8 Å². The number of hydrogen-bond acceptors (Lipinski definition) is 6. The minimum Gasteiger partial charge on any atom is -0.465 e. The molecule has 0 aromatic heterocycles. The Bertz CT molecular complexity index is 1430. The smallest absolute Gasteiger partial charge is 0.416 e. The predicted molar refractivity (Wildman–Crippen MR) is 142 cm³/mol. The van der Waals surface area contributed by atoms with Crippen molar-refractivity contribution >= 4 is 17.9 Å². The first kappa shape index (κ1) is 28.1. The van der Waals surface area contributed by atoms with Crippen molar-refractivity contribution in [2.75, 3.05) is 13.2 Å². The largest absolute Gasteiger partial charge is 0.465 e. The molecule has 1 fully saturated rings. The van der Waals surface area contributed by atoms with Crippen LogP contribution < -0.4 is 0 Å². The Balaban J connectivity index is 1.07. The van der Waals surface area contributed by atoms with Crippen LogP contribution in [0, 0.1) is 0 Å². The van der Waals surface area contributed by atoms with Gasteiger partial charge in [0.05, 0.1) is 12.0 Å². The van der Waals surface area contributed by atoms with Gasteiger partial charge in [0.2, 0.25) is 0 Å². The summed E-state index contributed by atoms with van der Waals surface area (Å²) in [4.78, 5) is 36.7. The summed E-state index contributed by atoms with van der Waals surface area (Å²) in [6.07, 6.45) is -1.16. The number of hydrogen-bond donors (Lipinski definition) is 0. The van der Waals surface area contributed by atoms with E-state index in [-0.39, 0.29) is 25.6 Å². The van der Waals surface area contributed by atoms with Gasteiger partial charge >= 0.3 is 24.1 Å². The van der Waals surface area contributed by atoms with Crippen LogP contribution in [0.15, 0.2) is 84.9 Å². The molecule has 0 radical (unpaired) electrons. The second-order valence-electron chi connectivity index (χ2n) is 10.0. The van der Waals surface area contributed by atoms with Gasteiger partial charge < -0.3 is 14.2 Å². The molecule has 3 aromatic carbocycles. The fourth-order valence-electron chi connectivity index (χ4n) is 5.24. The molecule has 0 bridgehead atoms. The SMILES string of the molecule is O=C(/C=C/C(=O)OC1(c2ccc(C(F)(F)F)cc2)CCC1)OCCC(=O)OCC1c2ccccc2-c2ccccc21. The van der Waals surface area contributed by atoms with Crippen LogP contribution in [0.3, 0.4) is 0 Å². The summed E-state index contributed by atoms with van der Waals surface area (Å²) < 4.78 is 54.6. The third-order valence-corrected chi connectivity index (χ3v) is 7.48. The number of halogens is 3. The molecule has 0 unspecified atom stereocenters. The lowest BCUT2D eigenvalue weighted by Crippen LogP contribution is -2.38. The number of benzene rings is 3. The van der Waals surface area contributed by atoms with E-state index in [1.807, 2.05) is 48.5 Å². The normalized spacial score (nSPS) is 15.5. The van der Waals surface area contributed by atoms with Crippen molar-refractivity contribution in [1.82, 2.24) is 0 Å². The summed E-state index contributed by atoms with van der Waals surface area (Å²) in [7, 11) is 0. The standard InChI is InChI=1S/C32H27F3O6/c33-32(34,35)22-12-10-21(11-13-22)31(17-5-18-31)41-30(38)15-14-28(36)39-19-16-29(37)40-20-27-25-8-3-1-6-23(25)24-7-2-4-9-26(24)27/h1-4,6-15,27H,5,16-20H2/b15-14+. The van der Waals surface area contributed by atoms with E-state index in [1.54, 1.807) is 0 Å². The quantitative estimate of drug-likeness (QED) is 0.168. The molecule has 2 aliphatic carbocycles. The van der Waals surface area contributed by atoms with Crippen molar-refractivity contribution in [3.8, 4) is 11.1 Å². The Kier molecular flexibility index (Phi) is 7.97. The zero-order valence-corrected chi connectivity index (χ0v) is 22.0. The predicted octanol–water partition coefficient (Wildman–Crippen LogP) is 6.47. The third-order valence-electron chi connectivity index (χ3n) is 7.48. The minimum atomic E-state index is -4.46. The number of carbonyl (C=O) groups excluding carboxylic acids is 3. The molecule has 3 aromatic rings. The number of alkyl halides is 3. The fraction of sp³-hybridized carbons (Fsp3) is 0.281. The molecule has 0 amide bonds. The van der Waals surface area contributed by atoms with Crippen LogP contribution in [-0.2, 0) is 40.4 Å². The first-order chi connectivity index (χ1) is 19.7. The van der Waals surface area contributed by atoms with Crippen LogP contribution in [0.25, 0.3) is 11.1 Å². The van der Waals surface area contributed by atoms with Crippen molar-refractivity contribution in [3.05, 3.63) is 107 Å². The molecule has 0 heterocycles. The van der Waals surface area contributed by atoms with E-state index in [0.717, 1.165) is 53.0 Å². The molecule has 41 heavy (non-hydrogen) atoms. The van der Waals surface area contributed by atoms with Crippen LogP contribution in [0.5, 0.6) is 0 Å². The van der Waals surface area contributed by atoms with Crippen molar-refractivity contribution in [2.24, 2.45) is 0 Å². The van der Waals surface area contributed by atoms with Gasteiger partial charge in [0.1, 0.15) is 18.8 Å². The molecule has 0 atom stereocenters. The molecule has 0 aliphatic heterocycles. The number of rotatable bonds is 9. The van der Waals surface area contributed by atoms with Gasteiger partial charge in [-0.25, -0.2) is 9.59 Å². The molecule has 0 N–H and O–H groups in total. The van der Waals surface area contributed by atoms with Crippen LogP contribution in [-0.4, -0.2) is 31.1 Å². The molecule has 5 rings (SSSR count). The van der Waals surface area contributed by atoms with Crippen LogP contribution >= 0.6 is 0 Å². The molecular formula is C32H27F3O6. The zero-order chi connectivity index (χ0) is 29.0. The van der Waals surface area contributed by atoms with E-state index in [4.69, 9.17) is 14.2 Å². The lowest BCUT2D eigenvalue weighted by molar-refractivity contribution is -0.165. The van der Waals surface area contributed by atoms with E-state index in [0.29, 0.717) is 18.4 Å². The van der Waals surface area contributed by atoms with Gasteiger partial charge in [-0.1, -0.05) is 60.7 Å². The number of ether oxygens (including phenoxy) is 3. The van der Waals surface area contributed by atoms with Gasteiger partial charge in [0, 0.05) is 18.1 Å². The lowest BCUT2D eigenvalue weighted by Gasteiger charge is -2.41. The van der Waals surface area contributed by atoms with E-state index in [9.17, 15) is 27.6 Å². The van der Waals surface area contributed by atoms with Crippen molar-refractivity contribution in [3.63, 3.8) is 0 Å².